The minimum Gasteiger partial charge on any atom is -0.317 e. The quantitative estimate of drug-likeness (QED) is 0.786. The van der Waals surface area contributed by atoms with Crippen LogP contribution >= 0.6 is 0 Å². The fourth-order valence-corrected chi connectivity index (χ4v) is 2.99. The number of unbranched alkanes of at least 4 members (excludes halogenated alkanes) is 1. The normalized spacial score (nSPS) is 17.0. The minimum atomic E-state index is -4.50. The molecule has 1 fully saturated rings. The summed E-state index contributed by atoms with van der Waals surface area (Å²) in [5.41, 5.74) is -0.589. The van der Waals surface area contributed by atoms with Crippen molar-refractivity contribution in [2.75, 3.05) is 19.6 Å². The van der Waals surface area contributed by atoms with Gasteiger partial charge < -0.3 is 5.32 Å². The van der Waals surface area contributed by atoms with E-state index in [0.29, 0.717) is 24.2 Å². The molecule has 6 heteroatoms. The molecule has 23 heavy (non-hydrogen) atoms. The Balaban J connectivity index is 2.11. The van der Waals surface area contributed by atoms with Crippen LogP contribution in [0.2, 0.25) is 0 Å². The van der Waals surface area contributed by atoms with Crippen molar-refractivity contribution in [3.05, 3.63) is 35.1 Å². The number of piperidine rings is 1. The number of hydrogen-bond donors (Lipinski definition) is 1. The Morgan fingerprint density at radius 1 is 1.22 bits per heavy atom. The Bertz CT molecular complexity index is 496. The van der Waals surface area contributed by atoms with Crippen molar-refractivity contribution in [2.24, 2.45) is 0 Å². The number of rotatable bonds is 6. The van der Waals surface area contributed by atoms with Crippen LogP contribution < -0.4 is 5.32 Å². The van der Waals surface area contributed by atoms with E-state index in [2.05, 4.69) is 17.1 Å². The molecule has 2 rings (SSSR count). The van der Waals surface area contributed by atoms with Crippen molar-refractivity contribution >= 4 is 0 Å². The first kappa shape index (κ1) is 18.2. The zero-order chi connectivity index (χ0) is 16.9. The minimum absolute atomic E-state index is 0.340. The van der Waals surface area contributed by atoms with E-state index >= 15 is 0 Å². The van der Waals surface area contributed by atoms with E-state index in [1.807, 2.05) is 0 Å². The molecule has 0 amide bonds. The molecule has 0 saturated carbocycles. The van der Waals surface area contributed by atoms with E-state index in [0.717, 1.165) is 51.4 Å². The van der Waals surface area contributed by atoms with E-state index in [9.17, 15) is 17.6 Å². The Morgan fingerprint density at radius 3 is 2.48 bits per heavy atom. The molecule has 1 aromatic carbocycles. The molecule has 1 heterocycles. The van der Waals surface area contributed by atoms with Gasteiger partial charge in [0.25, 0.3) is 0 Å². The Kier molecular flexibility index (Phi) is 6.41. The standard InChI is InChI=1S/C17H24F4N2/c1-2-3-10-23(15-6-8-22-9-7-15)12-13-4-5-14(11-16(13)18)17(19,20)21/h4-5,11,15,22H,2-3,6-10,12H2,1H3. The van der Waals surface area contributed by atoms with E-state index in [-0.39, 0.29) is 0 Å². The maximum atomic E-state index is 14.1. The summed E-state index contributed by atoms with van der Waals surface area (Å²) in [5.74, 6) is -0.768. The third-order valence-corrected chi connectivity index (χ3v) is 4.38. The molecule has 1 saturated heterocycles. The third-order valence-electron chi connectivity index (χ3n) is 4.38. The summed E-state index contributed by atoms with van der Waals surface area (Å²) in [5, 5.41) is 3.30. The highest BCUT2D eigenvalue weighted by Gasteiger charge is 2.31. The number of nitrogens with one attached hydrogen (secondary N) is 1. The average Bonchev–Trinajstić information content (AvgIpc) is 2.52. The van der Waals surface area contributed by atoms with Crippen LogP contribution in [0.15, 0.2) is 18.2 Å². The summed E-state index contributed by atoms with van der Waals surface area (Å²) >= 11 is 0. The molecule has 130 valence electrons. The summed E-state index contributed by atoms with van der Waals surface area (Å²) in [7, 11) is 0. The van der Waals surface area contributed by atoms with Gasteiger partial charge in [0, 0.05) is 18.2 Å². The molecule has 1 N–H and O–H groups in total. The molecule has 0 bridgehead atoms. The lowest BCUT2D eigenvalue weighted by Gasteiger charge is -2.35. The summed E-state index contributed by atoms with van der Waals surface area (Å²) in [6, 6.07) is 3.22. The van der Waals surface area contributed by atoms with Gasteiger partial charge in [-0.2, -0.15) is 13.2 Å². The largest absolute Gasteiger partial charge is 0.416 e. The van der Waals surface area contributed by atoms with Crippen LogP contribution in [0.25, 0.3) is 0 Å². The molecule has 0 aliphatic carbocycles. The van der Waals surface area contributed by atoms with Gasteiger partial charge in [-0.25, -0.2) is 4.39 Å². The second-order valence-electron chi connectivity index (χ2n) is 6.11. The molecule has 0 unspecified atom stereocenters. The number of hydrogen-bond acceptors (Lipinski definition) is 2. The highest BCUT2D eigenvalue weighted by molar-refractivity contribution is 5.26. The first-order chi connectivity index (χ1) is 10.9. The third kappa shape index (κ3) is 5.18. The molecule has 1 aliphatic heterocycles. The molecule has 0 spiro atoms. The van der Waals surface area contributed by atoms with Crippen molar-refractivity contribution in [3.8, 4) is 0 Å². The second-order valence-corrected chi connectivity index (χ2v) is 6.11. The van der Waals surface area contributed by atoms with Gasteiger partial charge in [0.05, 0.1) is 5.56 Å². The van der Waals surface area contributed by atoms with Crippen LogP contribution in [0.5, 0.6) is 0 Å². The molecule has 0 radical (unpaired) electrons. The molecule has 0 aromatic heterocycles. The van der Waals surface area contributed by atoms with Gasteiger partial charge in [-0.3, -0.25) is 4.90 Å². The average molecular weight is 332 g/mol. The first-order valence-corrected chi connectivity index (χ1v) is 8.22. The smallest absolute Gasteiger partial charge is 0.317 e. The van der Waals surface area contributed by atoms with Crippen molar-refractivity contribution in [3.63, 3.8) is 0 Å². The number of alkyl halides is 3. The van der Waals surface area contributed by atoms with Crippen molar-refractivity contribution in [1.82, 2.24) is 10.2 Å². The molecular formula is C17H24F4N2. The van der Waals surface area contributed by atoms with Gasteiger partial charge in [-0.15, -0.1) is 0 Å². The zero-order valence-electron chi connectivity index (χ0n) is 13.4. The molecule has 0 atom stereocenters. The van der Waals surface area contributed by atoms with Crippen LogP contribution in [0.1, 0.15) is 43.7 Å². The first-order valence-electron chi connectivity index (χ1n) is 8.22. The van der Waals surface area contributed by atoms with Crippen molar-refractivity contribution in [2.45, 2.75) is 51.4 Å². The van der Waals surface area contributed by atoms with Crippen molar-refractivity contribution < 1.29 is 17.6 Å². The van der Waals surface area contributed by atoms with Gasteiger partial charge in [-0.05, 0) is 51.0 Å². The molecular weight excluding hydrogens is 308 g/mol. The van der Waals surface area contributed by atoms with Crippen LogP contribution in [0.3, 0.4) is 0 Å². The monoisotopic (exact) mass is 332 g/mol. The zero-order valence-corrected chi connectivity index (χ0v) is 13.4. The number of nitrogens with zero attached hydrogens (tertiary/aromatic N) is 1. The summed E-state index contributed by atoms with van der Waals surface area (Å²) in [6.45, 7) is 5.18. The lowest BCUT2D eigenvalue weighted by atomic mass is 10.0. The predicted octanol–water partition coefficient (Wildman–Crippen LogP) is 4.20. The van der Waals surface area contributed by atoms with Crippen LogP contribution in [-0.2, 0) is 12.7 Å². The topological polar surface area (TPSA) is 15.3 Å². The highest BCUT2D eigenvalue weighted by atomic mass is 19.4. The fourth-order valence-electron chi connectivity index (χ4n) is 2.99. The van der Waals surface area contributed by atoms with E-state index in [1.165, 1.54) is 6.07 Å². The van der Waals surface area contributed by atoms with Crippen LogP contribution in [-0.4, -0.2) is 30.6 Å². The maximum absolute atomic E-state index is 14.1. The van der Waals surface area contributed by atoms with Gasteiger partial charge >= 0.3 is 6.18 Å². The van der Waals surface area contributed by atoms with Crippen molar-refractivity contribution in [1.29, 1.82) is 0 Å². The number of halogens is 4. The molecule has 2 nitrogen and oxygen atoms in total. The lowest BCUT2D eigenvalue weighted by molar-refractivity contribution is -0.137. The van der Waals surface area contributed by atoms with Crippen LogP contribution in [0, 0.1) is 5.82 Å². The second kappa shape index (κ2) is 8.11. The predicted molar refractivity (Wildman–Crippen MR) is 82.6 cm³/mol. The summed E-state index contributed by atoms with van der Waals surface area (Å²) < 4.78 is 52.0. The van der Waals surface area contributed by atoms with Gasteiger partial charge in [0.2, 0.25) is 0 Å². The van der Waals surface area contributed by atoms with E-state index < -0.39 is 17.6 Å². The molecule has 1 aromatic rings. The highest BCUT2D eigenvalue weighted by Crippen LogP contribution is 2.30. The SMILES string of the molecule is CCCCN(Cc1ccc(C(F)(F)F)cc1F)C1CCNCC1. The lowest BCUT2D eigenvalue weighted by Crippen LogP contribution is -2.43. The Morgan fingerprint density at radius 2 is 1.91 bits per heavy atom. The van der Waals surface area contributed by atoms with Crippen LogP contribution in [0.4, 0.5) is 17.6 Å². The Hall–Kier alpha value is -1.14. The summed E-state index contributed by atoms with van der Waals surface area (Å²) in [4.78, 5) is 2.22. The van der Waals surface area contributed by atoms with Gasteiger partial charge in [0.1, 0.15) is 5.82 Å². The van der Waals surface area contributed by atoms with Gasteiger partial charge in [0.15, 0.2) is 0 Å². The van der Waals surface area contributed by atoms with E-state index in [1.54, 1.807) is 0 Å². The van der Waals surface area contributed by atoms with E-state index in [4.69, 9.17) is 0 Å². The Labute approximate surface area is 134 Å². The van der Waals surface area contributed by atoms with Gasteiger partial charge in [-0.1, -0.05) is 19.4 Å². The number of benzene rings is 1. The fraction of sp³-hybridized carbons (Fsp3) is 0.647. The summed E-state index contributed by atoms with van der Waals surface area (Å²) in [6.07, 6.45) is -0.475. The maximum Gasteiger partial charge on any atom is 0.416 e. The molecule has 1 aliphatic rings.